The Balaban J connectivity index is -0.000000000884. The molecule has 6 heteroatoms. The second kappa shape index (κ2) is 134. The third kappa shape index (κ3) is 158. The van der Waals surface area contributed by atoms with Crippen molar-refractivity contribution in [2.45, 2.75) is 6.92 Å². The van der Waals surface area contributed by atoms with Crippen LogP contribution in [-0.4, -0.2) is 0 Å². The predicted molar refractivity (Wildman–Crippen MR) is 50.5 cm³/mol. The van der Waals surface area contributed by atoms with E-state index in [0.29, 0.717) is 0 Å². The summed E-state index contributed by atoms with van der Waals surface area (Å²) in [6.45, 7) is 5.00. The first-order valence-corrected chi connectivity index (χ1v) is 1.41. The first-order valence-electron chi connectivity index (χ1n) is 1.41. The van der Waals surface area contributed by atoms with Crippen molar-refractivity contribution in [3.8, 4) is 0 Å². The molecule has 1 nitrogen and oxygen atoms in total. The zero-order valence-electron chi connectivity index (χ0n) is 10.5. The van der Waals surface area contributed by atoms with E-state index in [1.54, 1.807) is 6.92 Å². The van der Waals surface area contributed by atoms with Gasteiger partial charge in [-0.3, -0.25) is 0 Å². The fraction of sp³-hybridized carbons (Fsp3) is 0.125. The largest absolute Gasteiger partial charge is 0.623 e. The van der Waals surface area contributed by atoms with E-state index in [0.717, 1.165) is 0 Å². The number of hydrogen-bond acceptors (Lipinski definition) is 1. The van der Waals surface area contributed by atoms with Crippen LogP contribution in [0.5, 0.6) is 0 Å². The molecule has 0 spiro atoms. The van der Waals surface area contributed by atoms with Gasteiger partial charge in [0, 0.05) is 164 Å². The molecule has 0 unspecified atom stereocenters. The minimum absolute atomic E-state index is 0. The fourth-order valence-corrected chi connectivity index (χ4v) is 0. The van der Waals surface area contributed by atoms with Crippen LogP contribution >= 0.6 is 0 Å². The second-order valence-corrected chi connectivity index (χ2v) is 0.250. The molecule has 0 amide bonds. The molecule has 0 aliphatic heterocycles. The van der Waals surface area contributed by atoms with Crippen LogP contribution in [0.15, 0.2) is 0 Å². The van der Waals surface area contributed by atoms with Gasteiger partial charge in [0.2, 0.25) is 0 Å². The maximum absolute atomic E-state index is 3.25. The third-order valence-corrected chi connectivity index (χ3v) is 0. The van der Waals surface area contributed by atoms with E-state index in [9.17, 15) is 0 Å². The molecular weight excluding hydrogens is 555 g/mol. The van der Waals surface area contributed by atoms with Crippen molar-refractivity contribution >= 4 is 0 Å². The summed E-state index contributed by atoms with van der Waals surface area (Å²) in [4.78, 5) is 0. The van der Waals surface area contributed by atoms with Crippen LogP contribution in [0.1, 0.15) is 6.92 Å². The minimum Gasteiger partial charge on any atom is -0.623 e. The standard InChI is InChI=1S/C2H5N.C2H5.4CH3.5Y/c1-3-2;1-2;;;;;;;;;/h3H,1-2H2;1H2,2H3;4*1H3;;;;;/q-2;5*-1;;;;;. The number of nitrogens with one attached hydrogen (secondary N) is 1. The van der Waals surface area contributed by atoms with Gasteiger partial charge in [0.15, 0.2) is 0 Å². The smallest absolute Gasteiger partial charge is 0 e. The Morgan fingerprint density at radius 2 is 0.571 bits per heavy atom. The average molecular weight is 577 g/mol. The van der Waals surface area contributed by atoms with Crippen molar-refractivity contribution < 1.29 is 164 Å². The summed E-state index contributed by atoms with van der Waals surface area (Å²) < 4.78 is 0. The molecule has 0 atom stereocenters. The maximum Gasteiger partial charge on any atom is 0 e. The SMILES string of the molecule is [CH2-]C.[CH2-]N[CH2-].[CH3-].[CH3-].[CH3-].[CH3-].[Y].[Y].[Y].[Y].[Y]. The first-order chi connectivity index (χ1) is 2.41. The van der Waals surface area contributed by atoms with E-state index in [2.05, 4.69) is 26.3 Å². The van der Waals surface area contributed by atoms with Gasteiger partial charge in [-0.15, -0.1) is 0 Å². The monoisotopic (exact) mass is 577 g/mol. The number of hydrogen-bond donors (Lipinski definition) is 1. The van der Waals surface area contributed by atoms with E-state index in [-0.39, 0.29) is 193 Å². The molecule has 0 aromatic carbocycles. The molecule has 0 aromatic rings. The van der Waals surface area contributed by atoms with Gasteiger partial charge < -0.3 is 56.0 Å². The fourth-order valence-electron chi connectivity index (χ4n) is 0. The summed E-state index contributed by atoms with van der Waals surface area (Å²) in [6.07, 6.45) is 0. The second-order valence-electron chi connectivity index (χ2n) is 0.250. The van der Waals surface area contributed by atoms with Crippen molar-refractivity contribution in [3.63, 3.8) is 0 Å². The van der Waals surface area contributed by atoms with Gasteiger partial charge in [-0.1, -0.05) is 0 Å². The van der Waals surface area contributed by atoms with Crippen LogP contribution in [-0.2, 0) is 164 Å². The van der Waals surface area contributed by atoms with Crippen LogP contribution in [0.3, 0.4) is 0 Å². The summed E-state index contributed by atoms with van der Waals surface area (Å²) in [5, 5.41) is 2.25. The van der Waals surface area contributed by atoms with E-state index in [1.807, 2.05) is 0 Å². The molecule has 0 aliphatic rings. The van der Waals surface area contributed by atoms with Gasteiger partial charge in [-0.2, -0.15) is 6.92 Å². The molecule has 0 bridgehead atoms. The molecule has 81 valence electrons. The molecule has 14 heavy (non-hydrogen) atoms. The summed E-state index contributed by atoms with van der Waals surface area (Å²) in [6, 6.07) is 0. The van der Waals surface area contributed by atoms with Crippen LogP contribution in [0.25, 0.3) is 0 Å². The van der Waals surface area contributed by atoms with E-state index in [1.165, 1.54) is 0 Å². The van der Waals surface area contributed by atoms with E-state index in [4.69, 9.17) is 0 Å². The van der Waals surface area contributed by atoms with Crippen molar-refractivity contribution in [2.75, 3.05) is 0 Å². The molecule has 0 rings (SSSR count). The average Bonchev–Trinajstić information content (AvgIpc) is 1.46. The molecule has 1 N–H and O–H groups in total. The Morgan fingerprint density at radius 1 is 0.571 bits per heavy atom. The van der Waals surface area contributed by atoms with Crippen molar-refractivity contribution in [2.24, 2.45) is 0 Å². The van der Waals surface area contributed by atoms with Gasteiger partial charge in [-0.05, 0) is 0 Å². The molecule has 5 radical (unpaired) electrons. The molecular formula is C8H22NY5-7. The van der Waals surface area contributed by atoms with Gasteiger partial charge >= 0.3 is 0 Å². The maximum atomic E-state index is 3.25. The van der Waals surface area contributed by atoms with Crippen molar-refractivity contribution in [1.82, 2.24) is 5.32 Å². The van der Waals surface area contributed by atoms with E-state index >= 15 is 0 Å². The Morgan fingerprint density at radius 3 is 0.571 bits per heavy atom. The normalized spacial score (nSPS) is 1.71. The minimum atomic E-state index is 0. The van der Waals surface area contributed by atoms with Gasteiger partial charge in [0.25, 0.3) is 0 Å². The van der Waals surface area contributed by atoms with Crippen molar-refractivity contribution in [3.05, 3.63) is 50.7 Å². The van der Waals surface area contributed by atoms with Crippen molar-refractivity contribution in [1.29, 1.82) is 0 Å². The third-order valence-electron chi connectivity index (χ3n) is 0. The Labute approximate surface area is 221 Å². The van der Waals surface area contributed by atoms with Gasteiger partial charge in [0.1, 0.15) is 0 Å². The molecule has 0 saturated carbocycles. The zero-order chi connectivity index (χ0) is 4.71. The Kier molecular flexibility index (Phi) is 889. The molecule has 0 heterocycles. The predicted octanol–water partition coefficient (Wildman–Crippen LogP) is 2.79. The molecule has 0 aliphatic carbocycles. The summed E-state index contributed by atoms with van der Waals surface area (Å²) in [5.41, 5.74) is 0. The summed E-state index contributed by atoms with van der Waals surface area (Å²) in [7, 11) is 6.25. The van der Waals surface area contributed by atoms with Crippen LogP contribution < -0.4 is 5.32 Å². The van der Waals surface area contributed by atoms with Gasteiger partial charge in [-0.25, -0.2) is 0 Å². The molecule has 0 saturated heterocycles. The Bertz CT molecular complexity index is 17.7. The van der Waals surface area contributed by atoms with E-state index < -0.39 is 0 Å². The molecule has 0 fully saturated rings. The summed E-state index contributed by atoms with van der Waals surface area (Å²) >= 11 is 0. The van der Waals surface area contributed by atoms with Crippen LogP contribution in [0, 0.1) is 50.7 Å². The zero-order valence-corrected chi connectivity index (χ0v) is 24.7. The summed E-state index contributed by atoms with van der Waals surface area (Å²) in [5.74, 6) is 0. The van der Waals surface area contributed by atoms with Crippen LogP contribution in [0.4, 0.5) is 0 Å². The van der Waals surface area contributed by atoms with Crippen LogP contribution in [0.2, 0.25) is 0 Å². The Hall–Kier alpha value is 5.48. The quantitative estimate of drug-likeness (QED) is 0.438. The molecule has 0 aromatic heterocycles. The van der Waals surface area contributed by atoms with Gasteiger partial charge in [0.05, 0.1) is 0 Å². The topological polar surface area (TPSA) is 12.0 Å². The first kappa shape index (κ1) is 92.5. The number of rotatable bonds is 0.